The molecule has 8 heteroatoms. The fraction of sp³-hybridized carbons (Fsp3) is 0.231. The fourth-order valence-corrected chi connectivity index (χ4v) is 2.04. The number of ether oxygens (including phenoxy) is 1. The molecule has 0 bridgehead atoms. The molecule has 0 saturated carbocycles. The van der Waals surface area contributed by atoms with Gasteiger partial charge < -0.3 is 10.1 Å². The summed E-state index contributed by atoms with van der Waals surface area (Å²) < 4.78 is 44.6. The quantitative estimate of drug-likeness (QED) is 0.765. The summed E-state index contributed by atoms with van der Waals surface area (Å²) in [5, 5.41) is 2.72. The maximum absolute atomic E-state index is 12.8. The van der Waals surface area contributed by atoms with Crippen molar-refractivity contribution >= 4 is 28.4 Å². The van der Waals surface area contributed by atoms with E-state index in [1.807, 2.05) is 6.07 Å². The summed E-state index contributed by atoms with van der Waals surface area (Å²) in [5.41, 5.74) is 0. The van der Waals surface area contributed by atoms with Crippen LogP contribution in [0, 0.1) is 3.57 Å². The summed E-state index contributed by atoms with van der Waals surface area (Å²) >= 11 is 2.08. The summed E-state index contributed by atoms with van der Waals surface area (Å²) in [6.07, 6.45) is -4.63. The van der Waals surface area contributed by atoms with Crippen molar-refractivity contribution in [1.82, 2.24) is 9.97 Å². The van der Waals surface area contributed by atoms with Gasteiger partial charge in [-0.1, -0.05) is 6.07 Å². The first-order chi connectivity index (χ1) is 9.88. The molecule has 0 atom stereocenters. The van der Waals surface area contributed by atoms with Gasteiger partial charge in [-0.3, -0.25) is 0 Å². The summed E-state index contributed by atoms with van der Waals surface area (Å²) in [7, 11) is 0. The van der Waals surface area contributed by atoms with Crippen molar-refractivity contribution in [2.45, 2.75) is 13.1 Å². The first-order valence-corrected chi connectivity index (χ1v) is 7.10. The number of rotatable bonds is 4. The van der Waals surface area contributed by atoms with Gasteiger partial charge in [0.15, 0.2) is 0 Å². The van der Waals surface area contributed by atoms with Gasteiger partial charge in [0.1, 0.15) is 11.6 Å². The Morgan fingerprint density at radius 2 is 2.00 bits per heavy atom. The maximum Gasteiger partial charge on any atom is 0.451 e. The number of hydrogen-bond donors (Lipinski definition) is 1. The van der Waals surface area contributed by atoms with E-state index in [1.54, 1.807) is 25.1 Å². The molecule has 0 aliphatic rings. The first kappa shape index (κ1) is 15.8. The van der Waals surface area contributed by atoms with Crippen molar-refractivity contribution in [3.8, 4) is 11.6 Å². The van der Waals surface area contributed by atoms with Gasteiger partial charge in [-0.2, -0.15) is 18.2 Å². The highest BCUT2D eigenvalue weighted by molar-refractivity contribution is 14.1. The molecule has 1 aromatic heterocycles. The monoisotopic (exact) mass is 409 g/mol. The van der Waals surface area contributed by atoms with Gasteiger partial charge in [0.2, 0.25) is 11.7 Å². The van der Waals surface area contributed by atoms with Crippen molar-refractivity contribution < 1.29 is 17.9 Å². The van der Waals surface area contributed by atoms with Crippen LogP contribution >= 0.6 is 22.6 Å². The molecule has 2 rings (SSSR count). The SMILES string of the molecule is CCNc1cc(Oc2cccc(I)c2)nc(C(F)(F)F)n1. The van der Waals surface area contributed by atoms with E-state index < -0.39 is 12.0 Å². The highest BCUT2D eigenvalue weighted by atomic mass is 127. The van der Waals surface area contributed by atoms with Crippen LogP contribution in [0.1, 0.15) is 12.7 Å². The Balaban J connectivity index is 2.35. The zero-order valence-corrected chi connectivity index (χ0v) is 13.1. The van der Waals surface area contributed by atoms with E-state index >= 15 is 0 Å². The number of nitrogens with zero attached hydrogens (tertiary/aromatic N) is 2. The lowest BCUT2D eigenvalue weighted by Gasteiger charge is -2.11. The van der Waals surface area contributed by atoms with Crippen molar-refractivity contribution in [3.63, 3.8) is 0 Å². The lowest BCUT2D eigenvalue weighted by atomic mass is 10.3. The minimum Gasteiger partial charge on any atom is -0.439 e. The van der Waals surface area contributed by atoms with E-state index in [0.29, 0.717) is 12.3 Å². The van der Waals surface area contributed by atoms with Crippen LogP contribution in [0.25, 0.3) is 0 Å². The van der Waals surface area contributed by atoms with Gasteiger partial charge in [-0.15, -0.1) is 0 Å². The van der Waals surface area contributed by atoms with Crippen molar-refractivity contribution in [2.24, 2.45) is 0 Å². The lowest BCUT2D eigenvalue weighted by molar-refractivity contribution is -0.145. The van der Waals surface area contributed by atoms with Crippen molar-refractivity contribution in [1.29, 1.82) is 0 Å². The Labute approximate surface area is 132 Å². The maximum atomic E-state index is 12.8. The summed E-state index contributed by atoms with van der Waals surface area (Å²) in [6, 6.07) is 8.26. The molecule has 1 heterocycles. The second-order valence-electron chi connectivity index (χ2n) is 4.00. The molecule has 0 amide bonds. The number of aromatic nitrogens is 2. The van der Waals surface area contributed by atoms with E-state index in [-0.39, 0.29) is 11.7 Å². The lowest BCUT2D eigenvalue weighted by Crippen LogP contribution is -2.13. The van der Waals surface area contributed by atoms with E-state index in [4.69, 9.17) is 4.74 Å². The van der Waals surface area contributed by atoms with Crippen LogP contribution in [-0.2, 0) is 6.18 Å². The number of benzene rings is 1. The average molecular weight is 409 g/mol. The smallest absolute Gasteiger partial charge is 0.439 e. The van der Waals surface area contributed by atoms with E-state index in [0.717, 1.165) is 3.57 Å². The number of alkyl halides is 3. The summed E-state index contributed by atoms with van der Waals surface area (Å²) in [4.78, 5) is 6.84. The number of nitrogens with one attached hydrogen (secondary N) is 1. The Hall–Kier alpha value is -1.58. The van der Waals surface area contributed by atoms with E-state index in [2.05, 4.69) is 37.9 Å². The molecule has 0 saturated heterocycles. The molecule has 0 aliphatic carbocycles. The molecule has 21 heavy (non-hydrogen) atoms. The Morgan fingerprint density at radius 1 is 1.24 bits per heavy atom. The average Bonchev–Trinajstić information content (AvgIpc) is 2.37. The molecule has 1 aromatic carbocycles. The van der Waals surface area contributed by atoms with Crippen LogP contribution in [0.4, 0.5) is 19.0 Å². The molecular formula is C13H11F3IN3O. The van der Waals surface area contributed by atoms with Gasteiger partial charge in [0, 0.05) is 16.2 Å². The highest BCUT2D eigenvalue weighted by Gasteiger charge is 2.35. The van der Waals surface area contributed by atoms with Crippen LogP contribution in [-0.4, -0.2) is 16.5 Å². The molecule has 1 N–H and O–H groups in total. The molecule has 4 nitrogen and oxygen atoms in total. The van der Waals surface area contributed by atoms with Crippen LogP contribution < -0.4 is 10.1 Å². The fourth-order valence-electron chi connectivity index (χ4n) is 1.53. The zero-order chi connectivity index (χ0) is 15.5. The standard InChI is InChI=1S/C13H11F3IN3O/c1-2-18-10-7-11(20-12(19-10)13(14,15)16)21-9-5-3-4-8(17)6-9/h3-7H,2H2,1H3,(H,18,19,20). The Morgan fingerprint density at radius 3 is 2.62 bits per heavy atom. The van der Waals surface area contributed by atoms with E-state index in [9.17, 15) is 13.2 Å². The van der Waals surface area contributed by atoms with Crippen LogP contribution in [0.15, 0.2) is 30.3 Å². The second-order valence-corrected chi connectivity index (χ2v) is 5.25. The third-order valence-corrected chi connectivity index (χ3v) is 3.00. The van der Waals surface area contributed by atoms with Gasteiger partial charge >= 0.3 is 6.18 Å². The van der Waals surface area contributed by atoms with Gasteiger partial charge in [0.05, 0.1) is 0 Å². The predicted molar refractivity (Wildman–Crippen MR) is 80.4 cm³/mol. The number of anilines is 1. The molecular weight excluding hydrogens is 398 g/mol. The summed E-state index contributed by atoms with van der Waals surface area (Å²) in [6.45, 7) is 2.20. The Kier molecular flexibility index (Phi) is 4.86. The topological polar surface area (TPSA) is 47.0 Å². The molecule has 112 valence electrons. The molecule has 0 aliphatic heterocycles. The highest BCUT2D eigenvalue weighted by Crippen LogP contribution is 2.30. The van der Waals surface area contributed by atoms with Crippen LogP contribution in [0.3, 0.4) is 0 Å². The molecule has 2 aromatic rings. The Bertz CT molecular complexity index is 634. The van der Waals surface area contributed by atoms with Gasteiger partial charge in [-0.05, 0) is 47.7 Å². The van der Waals surface area contributed by atoms with Crippen molar-refractivity contribution in [3.05, 3.63) is 39.7 Å². The molecule has 0 fully saturated rings. The minimum absolute atomic E-state index is 0.0699. The second kappa shape index (κ2) is 6.46. The minimum atomic E-state index is -4.63. The largest absolute Gasteiger partial charge is 0.451 e. The summed E-state index contributed by atoms with van der Waals surface area (Å²) in [5.74, 6) is -0.909. The van der Waals surface area contributed by atoms with Crippen LogP contribution in [0.2, 0.25) is 0 Å². The predicted octanol–water partition coefficient (Wildman–Crippen LogP) is 4.32. The normalized spacial score (nSPS) is 11.3. The molecule has 0 spiro atoms. The molecule has 0 radical (unpaired) electrons. The van der Waals surface area contributed by atoms with Crippen molar-refractivity contribution in [2.75, 3.05) is 11.9 Å². The number of hydrogen-bond acceptors (Lipinski definition) is 4. The van der Waals surface area contributed by atoms with Gasteiger partial charge in [0.25, 0.3) is 0 Å². The number of halogens is 4. The third-order valence-electron chi connectivity index (χ3n) is 2.33. The molecule has 0 unspecified atom stereocenters. The van der Waals surface area contributed by atoms with Gasteiger partial charge in [-0.25, -0.2) is 4.98 Å². The van der Waals surface area contributed by atoms with Crippen LogP contribution in [0.5, 0.6) is 11.6 Å². The van der Waals surface area contributed by atoms with E-state index in [1.165, 1.54) is 6.07 Å². The zero-order valence-electron chi connectivity index (χ0n) is 10.9. The third kappa shape index (κ3) is 4.45. The first-order valence-electron chi connectivity index (χ1n) is 6.02.